The van der Waals surface area contributed by atoms with Gasteiger partial charge in [-0.1, -0.05) is 51.8 Å². The summed E-state index contributed by atoms with van der Waals surface area (Å²) in [6.07, 6.45) is 1.75. The summed E-state index contributed by atoms with van der Waals surface area (Å²) >= 11 is 4.36. The van der Waals surface area contributed by atoms with Crippen LogP contribution in [-0.2, 0) is 4.79 Å². The molecule has 0 aliphatic carbocycles. The molecule has 1 aliphatic heterocycles. The molecule has 2 amide bonds. The molecule has 0 unspecified atom stereocenters. The van der Waals surface area contributed by atoms with Crippen molar-refractivity contribution in [3.63, 3.8) is 0 Å². The fourth-order valence-electron chi connectivity index (χ4n) is 2.22. The van der Waals surface area contributed by atoms with E-state index in [4.69, 9.17) is 0 Å². The third-order valence-corrected chi connectivity index (χ3v) is 4.92. The summed E-state index contributed by atoms with van der Waals surface area (Å²) in [4.78, 5) is 26.2. The van der Waals surface area contributed by atoms with Crippen molar-refractivity contribution >= 4 is 50.6 Å². The van der Waals surface area contributed by atoms with Gasteiger partial charge >= 0.3 is 0 Å². The molecule has 1 fully saturated rings. The number of carbonyl (C=O) groups is 2. The van der Waals surface area contributed by atoms with E-state index in [1.807, 2.05) is 55.5 Å². The SMILES string of the molecule is Cc1ccc(/C=C2\SC(=O)N(CNc3cccc(Br)c3)C2=O)cc1. The van der Waals surface area contributed by atoms with Crippen LogP contribution in [0.1, 0.15) is 11.1 Å². The van der Waals surface area contributed by atoms with Gasteiger partial charge in [0.15, 0.2) is 0 Å². The first kappa shape index (κ1) is 16.8. The average Bonchev–Trinajstić information content (AvgIpc) is 2.82. The topological polar surface area (TPSA) is 49.4 Å². The van der Waals surface area contributed by atoms with E-state index in [0.717, 1.165) is 33.0 Å². The van der Waals surface area contributed by atoms with Crippen LogP contribution < -0.4 is 5.32 Å². The molecule has 0 aromatic heterocycles. The van der Waals surface area contributed by atoms with E-state index in [9.17, 15) is 9.59 Å². The van der Waals surface area contributed by atoms with Crippen molar-refractivity contribution in [1.82, 2.24) is 4.90 Å². The van der Waals surface area contributed by atoms with Crippen LogP contribution in [0.5, 0.6) is 0 Å². The van der Waals surface area contributed by atoms with Gasteiger partial charge < -0.3 is 5.32 Å². The number of halogens is 1. The van der Waals surface area contributed by atoms with Crippen molar-refractivity contribution < 1.29 is 9.59 Å². The minimum atomic E-state index is -0.270. The molecule has 0 atom stereocenters. The molecule has 1 saturated heterocycles. The van der Waals surface area contributed by atoms with Crippen LogP contribution in [0, 0.1) is 6.92 Å². The second-order valence-corrected chi connectivity index (χ2v) is 7.27. The molecule has 1 heterocycles. The molecule has 4 nitrogen and oxygen atoms in total. The third kappa shape index (κ3) is 3.88. The number of benzene rings is 2. The molecule has 3 rings (SSSR count). The van der Waals surface area contributed by atoms with Gasteiger partial charge in [-0.25, -0.2) is 0 Å². The molecule has 6 heteroatoms. The Labute approximate surface area is 153 Å². The van der Waals surface area contributed by atoms with Crippen molar-refractivity contribution in [3.05, 3.63) is 69.0 Å². The Morgan fingerprint density at radius 1 is 1.17 bits per heavy atom. The number of nitrogens with zero attached hydrogens (tertiary/aromatic N) is 1. The maximum Gasteiger partial charge on any atom is 0.295 e. The molecule has 1 N–H and O–H groups in total. The quantitative estimate of drug-likeness (QED) is 0.741. The Bertz CT molecular complexity index is 818. The highest BCUT2D eigenvalue weighted by Crippen LogP contribution is 2.32. The monoisotopic (exact) mass is 402 g/mol. The van der Waals surface area contributed by atoms with Gasteiger partial charge in [-0.05, 0) is 48.5 Å². The largest absolute Gasteiger partial charge is 0.367 e. The van der Waals surface area contributed by atoms with E-state index >= 15 is 0 Å². The number of hydrogen-bond acceptors (Lipinski definition) is 4. The van der Waals surface area contributed by atoms with Crippen LogP contribution >= 0.6 is 27.7 Å². The molecular weight excluding hydrogens is 388 g/mol. The fourth-order valence-corrected chi connectivity index (χ4v) is 3.46. The lowest BCUT2D eigenvalue weighted by Gasteiger charge is -2.14. The van der Waals surface area contributed by atoms with Crippen molar-refractivity contribution in [1.29, 1.82) is 0 Å². The zero-order valence-electron chi connectivity index (χ0n) is 13.0. The average molecular weight is 403 g/mol. The number of carbonyl (C=O) groups excluding carboxylic acids is 2. The van der Waals surface area contributed by atoms with E-state index in [1.54, 1.807) is 6.08 Å². The van der Waals surface area contributed by atoms with Gasteiger partial charge in [0.25, 0.3) is 11.1 Å². The van der Waals surface area contributed by atoms with Crippen molar-refractivity contribution in [2.45, 2.75) is 6.92 Å². The summed E-state index contributed by atoms with van der Waals surface area (Å²) in [7, 11) is 0. The molecule has 2 aromatic carbocycles. The van der Waals surface area contributed by atoms with E-state index < -0.39 is 0 Å². The van der Waals surface area contributed by atoms with Gasteiger partial charge in [-0.2, -0.15) is 0 Å². The van der Waals surface area contributed by atoms with Gasteiger partial charge in [0.05, 0.1) is 11.6 Å². The first-order chi connectivity index (χ1) is 11.5. The Morgan fingerprint density at radius 2 is 1.92 bits per heavy atom. The lowest BCUT2D eigenvalue weighted by atomic mass is 10.1. The van der Waals surface area contributed by atoms with Gasteiger partial charge in [-0.3, -0.25) is 14.5 Å². The Balaban J connectivity index is 1.71. The van der Waals surface area contributed by atoms with Gasteiger partial charge in [0, 0.05) is 10.2 Å². The summed E-state index contributed by atoms with van der Waals surface area (Å²) in [5, 5.41) is 2.83. The molecule has 0 radical (unpaired) electrons. The number of thioether (sulfide) groups is 1. The number of hydrogen-bond donors (Lipinski definition) is 1. The number of imide groups is 1. The summed E-state index contributed by atoms with van der Waals surface area (Å²) in [6, 6.07) is 15.4. The van der Waals surface area contributed by atoms with Crippen molar-refractivity contribution in [2.75, 3.05) is 12.0 Å². The second-order valence-electron chi connectivity index (χ2n) is 5.37. The van der Waals surface area contributed by atoms with Crippen LogP contribution in [0.3, 0.4) is 0 Å². The summed E-state index contributed by atoms with van der Waals surface area (Å²) < 4.78 is 0.931. The van der Waals surface area contributed by atoms with Crippen LogP contribution in [0.25, 0.3) is 6.08 Å². The van der Waals surface area contributed by atoms with E-state index in [0.29, 0.717) is 4.91 Å². The smallest absolute Gasteiger partial charge is 0.295 e. The number of anilines is 1. The normalized spacial score (nSPS) is 16.1. The Hall–Kier alpha value is -2.05. The predicted octanol–water partition coefficient (Wildman–Crippen LogP) is 4.86. The number of nitrogens with one attached hydrogen (secondary N) is 1. The third-order valence-electron chi connectivity index (χ3n) is 3.51. The Morgan fingerprint density at radius 3 is 2.62 bits per heavy atom. The molecule has 1 aliphatic rings. The standard InChI is InChI=1S/C18H15BrN2O2S/c1-12-5-7-13(8-6-12)9-16-17(22)21(18(23)24-16)11-20-15-4-2-3-14(19)10-15/h2-10,20H,11H2,1H3/b16-9-. The Kier molecular flexibility index (Phi) is 5.06. The fraction of sp³-hybridized carbons (Fsp3) is 0.111. The van der Waals surface area contributed by atoms with Crippen LogP contribution in [-0.4, -0.2) is 22.7 Å². The highest BCUT2D eigenvalue weighted by Gasteiger charge is 2.34. The maximum absolute atomic E-state index is 12.4. The van der Waals surface area contributed by atoms with E-state index in [2.05, 4.69) is 21.2 Å². The first-order valence-electron chi connectivity index (χ1n) is 7.34. The van der Waals surface area contributed by atoms with Crippen molar-refractivity contribution in [2.24, 2.45) is 0 Å². The van der Waals surface area contributed by atoms with E-state index in [-0.39, 0.29) is 17.8 Å². The van der Waals surface area contributed by atoms with Gasteiger partial charge in [0.2, 0.25) is 0 Å². The minimum absolute atomic E-state index is 0.145. The zero-order chi connectivity index (χ0) is 17.1. The minimum Gasteiger partial charge on any atom is -0.367 e. The van der Waals surface area contributed by atoms with Gasteiger partial charge in [-0.15, -0.1) is 0 Å². The van der Waals surface area contributed by atoms with Crippen LogP contribution in [0.2, 0.25) is 0 Å². The lowest BCUT2D eigenvalue weighted by Crippen LogP contribution is -2.33. The predicted molar refractivity (Wildman–Crippen MR) is 102 cm³/mol. The maximum atomic E-state index is 12.4. The lowest BCUT2D eigenvalue weighted by molar-refractivity contribution is -0.122. The molecule has 0 saturated carbocycles. The molecule has 122 valence electrons. The molecule has 0 bridgehead atoms. The molecule has 2 aromatic rings. The first-order valence-corrected chi connectivity index (χ1v) is 8.95. The number of amides is 2. The summed E-state index contributed by atoms with van der Waals surface area (Å²) in [5.74, 6) is -0.270. The van der Waals surface area contributed by atoms with Crippen LogP contribution in [0.4, 0.5) is 10.5 Å². The molecular formula is C18H15BrN2O2S. The highest BCUT2D eigenvalue weighted by molar-refractivity contribution is 9.10. The zero-order valence-corrected chi connectivity index (χ0v) is 15.4. The van der Waals surface area contributed by atoms with Crippen LogP contribution in [0.15, 0.2) is 57.9 Å². The van der Waals surface area contributed by atoms with Gasteiger partial charge in [0.1, 0.15) is 0 Å². The van der Waals surface area contributed by atoms with E-state index in [1.165, 1.54) is 4.90 Å². The number of aryl methyl sites for hydroxylation is 1. The van der Waals surface area contributed by atoms with Crippen molar-refractivity contribution in [3.8, 4) is 0 Å². The molecule has 24 heavy (non-hydrogen) atoms. The highest BCUT2D eigenvalue weighted by atomic mass is 79.9. The molecule has 0 spiro atoms. The summed E-state index contributed by atoms with van der Waals surface area (Å²) in [6.45, 7) is 2.15. The number of rotatable bonds is 4. The second kappa shape index (κ2) is 7.23. The summed E-state index contributed by atoms with van der Waals surface area (Å²) in [5.41, 5.74) is 2.90.